The molecule has 1 N–H and O–H groups in total. The minimum atomic E-state index is 0.0442. The van der Waals surface area contributed by atoms with E-state index in [4.69, 9.17) is 9.47 Å². The van der Waals surface area contributed by atoms with Crippen LogP contribution in [0.1, 0.15) is 29.6 Å². The second-order valence-corrected chi connectivity index (χ2v) is 6.61. The molecule has 0 radical (unpaired) electrons. The van der Waals surface area contributed by atoms with Gasteiger partial charge in [0.2, 0.25) is 0 Å². The fraction of sp³-hybridized carbons (Fsp3) is 0.556. The molecule has 1 saturated heterocycles. The van der Waals surface area contributed by atoms with Crippen molar-refractivity contribution in [3.63, 3.8) is 0 Å². The van der Waals surface area contributed by atoms with Crippen LogP contribution >= 0.6 is 0 Å². The van der Waals surface area contributed by atoms with Crippen molar-refractivity contribution in [3.05, 3.63) is 30.1 Å². The quantitative estimate of drug-likeness (QED) is 0.937. The number of aromatic nitrogens is 2. The number of methoxy groups -OCH3 is 1. The van der Waals surface area contributed by atoms with E-state index in [1.54, 1.807) is 13.4 Å². The van der Waals surface area contributed by atoms with E-state index in [2.05, 4.69) is 9.97 Å². The molecule has 3 atom stereocenters. The fourth-order valence-electron chi connectivity index (χ4n) is 4.21. The zero-order chi connectivity index (χ0) is 16.5. The van der Waals surface area contributed by atoms with Crippen molar-refractivity contribution >= 4 is 16.9 Å². The molecule has 1 aromatic heterocycles. The van der Waals surface area contributed by atoms with Crippen LogP contribution in [0.2, 0.25) is 0 Å². The molecule has 6 nitrogen and oxygen atoms in total. The molecule has 1 aliphatic heterocycles. The third-order valence-electron chi connectivity index (χ3n) is 5.41. The van der Waals surface area contributed by atoms with Crippen molar-refractivity contribution in [1.82, 2.24) is 14.9 Å². The van der Waals surface area contributed by atoms with Gasteiger partial charge in [0, 0.05) is 19.6 Å². The standard InChI is InChI=1S/C18H23N3O3/c1-23-16-7-3-4-12(16)15-10-24-9-8-21(15)18(22)13-5-2-6-14-17(13)20-11-19-14/h2,5-6,11-12,15-16H,3-4,7-10H2,1H3,(H,19,20). The number of carbonyl (C=O) groups excluding carboxylic acids is 1. The molecule has 0 spiro atoms. The summed E-state index contributed by atoms with van der Waals surface area (Å²) >= 11 is 0. The molecule has 2 fully saturated rings. The van der Waals surface area contributed by atoms with Gasteiger partial charge >= 0.3 is 0 Å². The van der Waals surface area contributed by atoms with Crippen LogP contribution in [-0.4, -0.2) is 59.8 Å². The van der Waals surface area contributed by atoms with Gasteiger partial charge in [-0.05, 0) is 25.0 Å². The van der Waals surface area contributed by atoms with E-state index in [0.29, 0.717) is 31.2 Å². The highest BCUT2D eigenvalue weighted by Crippen LogP contribution is 2.34. The molecule has 0 bridgehead atoms. The third kappa shape index (κ3) is 2.59. The summed E-state index contributed by atoms with van der Waals surface area (Å²) < 4.78 is 11.4. The molecule has 1 aliphatic carbocycles. The maximum atomic E-state index is 13.2. The molecule has 2 heterocycles. The van der Waals surface area contributed by atoms with Crippen LogP contribution in [0.4, 0.5) is 0 Å². The predicted molar refractivity (Wildman–Crippen MR) is 89.9 cm³/mol. The molecule has 24 heavy (non-hydrogen) atoms. The zero-order valence-electron chi connectivity index (χ0n) is 13.9. The average Bonchev–Trinajstić information content (AvgIpc) is 3.29. The zero-order valence-corrected chi connectivity index (χ0v) is 13.9. The highest BCUT2D eigenvalue weighted by molar-refractivity contribution is 6.04. The van der Waals surface area contributed by atoms with Crippen LogP contribution < -0.4 is 0 Å². The summed E-state index contributed by atoms with van der Waals surface area (Å²) in [6.07, 6.45) is 5.15. The fourth-order valence-corrected chi connectivity index (χ4v) is 4.21. The second-order valence-electron chi connectivity index (χ2n) is 6.61. The minimum absolute atomic E-state index is 0.0442. The number of H-pyrrole nitrogens is 1. The van der Waals surface area contributed by atoms with Crippen LogP contribution in [0.5, 0.6) is 0 Å². The van der Waals surface area contributed by atoms with Gasteiger partial charge in [-0.2, -0.15) is 0 Å². The highest BCUT2D eigenvalue weighted by atomic mass is 16.5. The first-order chi connectivity index (χ1) is 11.8. The Hall–Kier alpha value is -1.92. The van der Waals surface area contributed by atoms with Gasteiger partial charge in [0.15, 0.2) is 0 Å². The number of ether oxygens (including phenoxy) is 2. The van der Waals surface area contributed by atoms with Crippen LogP contribution in [-0.2, 0) is 9.47 Å². The average molecular weight is 329 g/mol. The molecule has 1 amide bonds. The number of hydrogen-bond acceptors (Lipinski definition) is 4. The maximum Gasteiger partial charge on any atom is 0.256 e. The van der Waals surface area contributed by atoms with Crippen LogP contribution in [0.25, 0.3) is 11.0 Å². The normalized spacial score (nSPS) is 27.7. The largest absolute Gasteiger partial charge is 0.381 e. The van der Waals surface area contributed by atoms with Gasteiger partial charge in [-0.1, -0.05) is 12.5 Å². The monoisotopic (exact) mass is 329 g/mol. The Bertz CT molecular complexity index is 729. The Labute approximate surface area is 141 Å². The van der Waals surface area contributed by atoms with Gasteiger partial charge in [0.1, 0.15) is 5.52 Å². The molecule has 3 unspecified atom stereocenters. The summed E-state index contributed by atoms with van der Waals surface area (Å²) in [6, 6.07) is 5.78. The first-order valence-electron chi connectivity index (χ1n) is 8.63. The van der Waals surface area contributed by atoms with Crippen molar-refractivity contribution in [2.75, 3.05) is 26.9 Å². The number of fused-ring (bicyclic) bond motifs is 1. The molecule has 6 heteroatoms. The number of nitrogens with one attached hydrogen (secondary N) is 1. The lowest BCUT2D eigenvalue weighted by atomic mass is 9.93. The Morgan fingerprint density at radius 1 is 1.42 bits per heavy atom. The number of hydrogen-bond donors (Lipinski definition) is 1. The first-order valence-corrected chi connectivity index (χ1v) is 8.63. The third-order valence-corrected chi connectivity index (χ3v) is 5.41. The highest BCUT2D eigenvalue weighted by Gasteiger charge is 2.40. The van der Waals surface area contributed by atoms with E-state index in [-0.39, 0.29) is 18.1 Å². The Kier molecular flexibility index (Phi) is 4.24. The number of para-hydroxylation sites is 1. The van der Waals surface area contributed by atoms with E-state index < -0.39 is 0 Å². The number of carbonyl (C=O) groups is 1. The minimum Gasteiger partial charge on any atom is -0.381 e. The lowest BCUT2D eigenvalue weighted by Gasteiger charge is -2.40. The van der Waals surface area contributed by atoms with E-state index in [9.17, 15) is 4.79 Å². The smallest absolute Gasteiger partial charge is 0.256 e. The topological polar surface area (TPSA) is 67.5 Å². The van der Waals surface area contributed by atoms with E-state index >= 15 is 0 Å². The lowest BCUT2D eigenvalue weighted by Crippen LogP contribution is -2.53. The van der Waals surface area contributed by atoms with Gasteiger partial charge < -0.3 is 19.4 Å². The lowest BCUT2D eigenvalue weighted by molar-refractivity contribution is -0.0459. The van der Waals surface area contributed by atoms with E-state index in [1.807, 2.05) is 23.1 Å². The van der Waals surface area contributed by atoms with Crippen LogP contribution in [0.15, 0.2) is 24.5 Å². The van der Waals surface area contributed by atoms with Gasteiger partial charge in [-0.3, -0.25) is 4.79 Å². The summed E-state index contributed by atoms with van der Waals surface area (Å²) in [5.74, 6) is 0.389. The van der Waals surface area contributed by atoms with Gasteiger partial charge in [0.25, 0.3) is 5.91 Å². The van der Waals surface area contributed by atoms with Crippen molar-refractivity contribution in [3.8, 4) is 0 Å². The first kappa shape index (κ1) is 15.6. The Morgan fingerprint density at radius 3 is 3.21 bits per heavy atom. The second kappa shape index (κ2) is 6.53. The summed E-state index contributed by atoms with van der Waals surface area (Å²) in [5.41, 5.74) is 2.29. The number of morpholine rings is 1. The van der Waals surface area contributed by atoms with Gasteiger partial charge in [-0.15, -0.1) is 0 Å². The summed E-state index contributed by atoms with van der Waals surface area (Å²) in [4.78, 5) is 22.6. The van der Waals surface area contributed by atoms with Crippen molar-refractivity contribution < 1.29 is 14.3 Å². The number of rotatable bonds is 3. The molecule has 2 aromatic rings. The molecule has 2 aliphatic rings. The number of aromatic amines is 1. The summed E-state index contributed by atoms with van der Waals surface area (Å²) in [5, 5.41) is 0. The van der Waals surface area contributed by atoms with E-state index in [0.717, 1.165) is 30.3 Å². The Balaban J connectivity index is 1.65. The molecule has 128 valence electrons. The van der Waals surface area contributed by atoms with Gasteiger partial charge in [-0.25, -0.2) is 4.98 Å². The van der Waals surface area contributed by atoms with Crippen molar-refractivity contribution in [2.24, 2.45) is 5.92 Å². The number of imidazole rings is 1. The molecule has 4 rings (SSSR count). The summed E-state index contributed by atoms with van der Waals surface area (Å²) in [6.45, 7) is 1.80. The predicted octanol–water partition coefficient (Wildman–Crippen LogP) is 2.22. The maximum absolute atomic E-state index is 13.2. The molecular formula is C18H23N3O3. The molecular weight excluding hydrogens is 306 g/mol. The van der Waals surface area contributed by atoms with Gasteiger partial charge in [0.05, 0.1) is 42.8 Å². The number of benzene rings is 1. The SMILES string of the molecule is COC1CCCC1C1COCCN1C(=O)c1cccc2[nH]cnc12. The summed E-state index contributed by atoms with van der Waals surface area (Å²) in [7, 11) is 1.77. The molecule has 1 saturated carbocycles. The molecule has 1 aromatic carbocycles. The Morgan fingerprint density at radius 2 is 2.33 bits per heavy atom. The van der Waals surface area contributed by atoms with Crippen LogP contribution in [0, 0.1) is 5.92 Å². The van der Waals surface area contributed by atoms with Crippen molar-refractivity contribution in [1.29, 1.82) is 0 Å². The van der Waals surface area contributed by atoms with E-state index in [1.165, 1.54) is 0 Å². The number of nitrogens with zero attached hydrogens (tertiary/aromatic N) is 2. The van der Waals surface area contributed by atoms with Crippen LogP contribution in [0.3, 0.4) is 0 Å². The number of amides is 1. The van der Waals surface area contributed by atoms with Crippen molar-refractivity contribution in [2.45, 2.75) is 31.4 Å².